The van der Waals surface area contributed by atoms with Crippen LogP contribution in [0.2, 0.25) is 0 Å². The first-order valence-electron chi connectivity index (χ1n) is 15.7. The summed E-state index contributed by atoms with van der Waals surface area (Å²) in [4.78, 5) is 27.9. The van der Waals surface area contributed by atoms with Crippen molar-refractivity contribution in [3.05, 3.63) is 144 Å². The fourth-order valence-electron chi connectivity index (χ4n) is 5.25. The second kappa shape index (κ2) is 18.5. The van der Waals surface area contributed by atoms with Gasteiger partial charge in [-0.2, -0.15) is 0 Å². The summed E-state index contributed by atoms with van der Waals surface area (Å²) >= 11 is 0. The molecule has 238 valence electrons. The average molecular weight is 799 g/mol. The number of carbonyl (C=O) groups is 1. The van der Waals surface area contributed by atoms with Gasteiger partial charge in [0.15, 0.2) is 0 Å². The van der Waals surface area contributed by atoms with Crippen LogP contribution in [0.5, 0.6) is 0 Å². The Bertz CT molecular complexity index is 1740. The molecule has 0 saturated heterocycles. The van der Waals surface area contributed by atoms with E-state index in [4.69, 9.17) is 0 Å². The molecule has 0 saturated carbocycles. The Balaban J connectivity index is 0.000000215. The number of benzene rings is 4. The molecule has 2 aromatic heterocycles. The van der Waals surface area contributed by atoms with Gasteiger partial charge in [-0.1, -0.05) is 116 Å². The summed E-state index contributed by atoms with van der Waals surface area (Å²) in [5, 5.41) is 0. The van der Waals surface area contributed by atoms with E-state index in [2.05, 4.69) is 96.2 Å². The SMILES string of the molecule is CCCC(C)=O.Cc1ccccc1-c1ncnc(-c2ccccc2)c1C.Cc1ccccc1-c1ncnc(-c2ccccc2)c1C.[Ir+3]. The van der Waals surface area contributed by atoms with Crippen LogP contribution in [0.3, 0.4) is 0 Å². The van der Waals surface area contributed by atoms with Crippen molar-refractivity contribution in [2.24, 2.45) is 0 Å². The second-order valence-electron chi connectivity index (χ2n) is 11.2. The topological polar surface area (TPSA) is 68.6 Å². The Kier molecular flexibility index (Phi) is 14.5. The molecule has 0 aliphatic rings. The quantitative estimate of drug-likeness (QED) is 0.168. The normalized spacial score (nSPS) is 10.0. The maximum Gasteiger partial charge on any atom is 3.00 e. The number of hydrogen-bond acceptors (Lipinski definition) is 5. The van der Waals surface area contributed by atoms with Crippen molar-refractivity contribution >= 4 is 5.78 Å². The smallest absolute Gasteiger partial charge is 0.300 e. The zero-order valence-corrected chi connectivity index (χ0v) is 30.4. The van der Waals surface area contributed by atoms with Crippen molar-refractivity contribution in [2.75, 3.05) is 0 Å². The van der Waals surface area contributed by atoms with Crippen LogP contribution in [0.15, 0.2) is 122 Å². The minimum Gasteiger partial charge on any atom is -0.300 e. The van der Waals surface area contributed by atoms with Crippen LogP contribution < -0.4 is 0 Å². The van der Waals surface area contributed by atoms with E-state index in [1.54, 1.807) is 19.6 Å². The number of ketones is 1. The molecular formula is C41H42IrN4O+3. The number of Topliss-reactive ketones (excluding diaryl/α,β-unsaturated/α-hetero) is 1. The van der Waals surface area contributed by atoms with Crippen LogP contribution in [-0.4, -0.2) is 25.7 Å². The predicted octanol–water partition coefficient (Wildman–Crippen LogP) is 10.2. The third-order valence-electron chi connectivity index (χ3n) is 7.67. The third kappa shape index (κ3) is 9.92. The average Bonchev–Trinajstić information content (AvgIpc) is 3.07. The molecule has 0 unspecified atom stereocenters. The molecule has 0 aliphatic carbocycles. The number of rotatable bonds is 6. The summed E-state index contributed by atoms with van der Waals surface area (Å²) in [6.45, 7) is 12.0. The molecule has 0 fully saturated rings. The molecule has 6 rings (SSSR count). The van der Waals surface area contributed by atoms with Gasteiger partial charge in [0.1, 0.15) is 18.4 Å². The summed E-state index contributed by atoms with van der Waals surface area (Å²) in [5.74, 6) is 0.289. The molecule has 0 atom stereocenters. The van der Waals surface area contributed by atoms with Crippen LogP contribution in [0.4, 0.5) is 0 Å². The van der Waals surface area contributed by atoms with Gasteiger partial charge < -0.3 is 4.79 Å². The molecule has 6 aromatic rings. The van der Waals surface area contributed by atoms with Crippen molar-refractivity contribution < 1.29 is 24.9 Å². The van der Waals surface area contributed by atoms with Gasteiger partial charge >= 0.3 is 20.1 Å². The van der Waals surface area contributed by atoms with E-state index in [1.807, 2.05) is 67.6 Å². The van der Waals surface area contributed by atoms with Gasteiger partial charge in [0.05, 0.1) is 22.8 Å². The molecule has 47 heavy (non-hydrogen) atoms. The Morgan fingerprint density at radius 3 is 1.17 bits per heavy atom. The van der Waals surface area contributed by atoms with Crippen molar-refractivity contribution in [1.29, 1.82) is 0 Å². The Labute approximate surface area is 293 Å². The molecule has 2 heterocycles. The molecule has 0 amide bonds. The largest absolute Gasteiger partial charge is 3.00 e. The molecular weight excluding hydrogens is 757 g/mol. The summed E-state index contributed by atoms with van der Waals surface area (Å²) < 4.78 is 0. The van der Waals surface area contributed by atoms with E-state index in [0.717, 1.165) is 57.9 Å². The summed E-state index contributed by atoms with van der Waals surface area (Å²) in [6, 6.07) is 37.1. The number of carbonyl (C=O) groups excluding carboxylic acids is 1. The zero-order valence-electron chi connectivity index (χ0n) is 28.0. The summed E-state index contributed by atoms with van der Waals surface area (Å²) in [7, 11) is 0. The van der Waals surface area contributed by atoms with E-state index < -0.39 is 0 Å². The first-order valence-corrected chi connectivity index (χ1v) is 15.7. The Morgan fingerprint density at radius 2 is 0.851 bits per heavy atom. The minimum atomic E-state index is 0. The number of hydrogen-bond donors (Lipinski definition) is 0. The van der Waals surface area contributed by atoms with Crippen LogP contribution in [0.25, 0.3) is 45.0 Å². The third-order valence-corrected chi connectivity index (χ3v) is 7.67. The van der Waals surface area contributed by atoms with Crippen LogP contribution >= 0.6 is 0 Å². The van der Waals surface area contributed by atoms with Gasteiger partial charge in [0, 0.05) is 39.8 Å². The van der Waals surface area contributed by atoms with Crippen molar-refractivity contribution in [1.82, 2.24) is 19.9 Å². The van der Waals surface area contributed by atoms with Crippen LogP contribution in [-0.2, 0) is 24.9 Å². The van der Waals surface area contributed by atoms with Crippen LogP contribution in [0, 0.1) is 27.7 Å². The van der Waals surface area contributed by atoms with E-state index in [9.17, 15) is 4.79 Å². The van der Waals surface area contributed by atoms with Gasteiger partial charge in [-0.15, -0.1) is 0 Å². The monoisotopic (exact) mass is 799 g/mol. The first-order chi connectivity index (χ1) is 22.3. The molecule has 0 radical (unpaired) electrons. The standard InChI is InChI=1S/2C18H16N2.C5H10O.Ir/c2*1-13-8-6-7-11-16(13)18-14(2)17(19-12-20-18)15-9-4-3-5-10-15;1-3-4-5(2)6;/h2*3-12H,1-2H3;3-4H2,1-2H3;/q;;;+3. The van der Waals surface area contributed by atoms with Crippen molar-refractivity contribution in [3.63, 3.8) is 0 Å². The Hall–Kier alpha value is -4.64. The van der Waals surface area contributed by atoms with E-state index in [1.165, 1.54) is 22.3 Å². The van der Waals surface area contributed by atoms with Gasteiger partial charge in [0.2, 0.25) is 0 Å². The number of aryl methyl sites for hydroxylation is 2. The second-order valence-corrected chi connectivity index (χ2v) is 11.2. The molecule has 0 bridgehead atoms. The van der Waals surface area contributed by atoms with Gasteiger partial charge in [-0.05, 0) is 52.2 Å². The Morgan fingerprint density at radius 1 is 0.511 bits per heavy atom. The first kappa shape index (κ1) is 36.8. The predicted molar refractivity (Wildman–Crippen MR) is 190 cm³/mol. The van der Waals surface area contributed by atoms with E-state index >= 15 is 0 Å². The van der Waals surface area contributed by atoms with Gasteiger partial charge in [0.25, 0.3) is 0 Å². The molecule has 0 aliphatic heterocycles. The molecule has 4 aromatic carbocycles. The van der Waals surface area contributed by atoms with Crippen LogP contribution in [0.1, 0.15) is 48.9 Å². The van der Waals surface area contributed by atoms with Gasteiger partial charge in [-0.3, -0.25) is 0 Å². The van der Waals surface area contributed by atoms with Gasteiger partial charge in [-0.25, -0.2) is 19.9 Å². The molecule has 0 N–H and O–H groups in total. The number of aromatic nitrogens is 4. The number of nitrogens with zero attached hydrogens (tertiary/aromatic N) is 4. The molecule has 0 spiro atoms. The summed E-state index contributed by atoms with van der Waals surface area (Å²) in [6.07, 6.45) is 5.02. The van der Waals surface area contributed by atoms with Crippen molar-refractivity contribution in [2.45, 2.75) is 54.4 Å². The van der Waals surface area contributed by atoms with E-state index in [-0.39, 0.29) is 25.9 Å². The van der Waals surface area contributed by atoms with E-state index in [0.29, 0.717) is 0 Å². The minimum absolute atomic E-state index is 0. The molecule has 6 heteroatoms. The summed E-state index contributed by atoms with van der Waals surface area (Å²) in [5.41, 5.74) is 13.3. The maximum atomic E-state index is 10.0. The fourth-order valence-corrected chi connectivity index (χ4v) is 5.25. The molecule has 5 nitrogen and oxygen atoms in total. The zero-order chi connectivity index (χ0) is 32.9. The van der Waals surface area contributed by atoms with Crippen molar-refractivity contribution in [3.8, 4) is 45.0 Å². The maximum absolute atomic E-state index is 10.0. The fraction of sp³-hybridized carbons (Fsp3) is 0.195.